The Hall–Kier alpha value is 0.830. The van der Waals surface area contributed by atoms with Gasteiger partial charge in [-0.1, -0.05) is 0 Å². The number of halogens is 3. The summed E-state index contributed by atoms with van der Waals surface area (Å²) in [5.41, 5.74) is 0. The molecule has 13 heteroatoms. The molecule has 1 heterocycles. The summed E-state index contributed by atoms with van der Waals surface area (Å²) in [6.45, 7) is 0.186. The van der Waals surface area contributed by atoms with Crippen LogP contribution in [0.5, 0.6) is 0 Å². The molecule has 0 aromatic carbocycles. The monoisotopic (exact) mass is 432 g/mol. The topological polar surface area (TPSA) is 89.0 Å². The zero-order chi connectivity index (χ0) is 17.1. The summed E-state index contributed by atoms with van der Waals surface area (Å²) in [5, 5.41) is 12.0. The molecule has 23 heavy (non-hydrogen) atoms. The van der Waals surface area contributed by atoms with Gasteiger partial charge in [0.05, 0.1) is 19.8 Å². The third-order valence-corrected chi connectivity index (χ3v) is 5.58. The Morgan fingerprint density at radius 2 is 1.83 bits per heavy atom. The minimum atomic E-state index is -3.88. The lowest BCUT2D eigenvalue weighted by molar-refractivity contribution is -0.851. The second-order valence-electron chi connectivity index (χ2n) is 3.77. The van der Waals surface area contributed by atoms with Crippen LogP contribution in [0.2, 0.25) is 0 Å². The lowest BCUT2D eigenvalue weighted by atomic mass is 10.4. The van der Waals surface area contributed by atoms with Gasteiger partial charge in [0.1, 0.15) is 18.2 Å². The molecular formula is C10H17Cl3O8P2. The van der Waals surface area contributed by atoms with Gasteiger partial charge < -0.3 is 9.78 Å². The second-order valence-corrected chi connectivity index (χ2v) is 8.18. The van der Waals surface area contributed by atoms with Crippen LogP contribution in [0.25, 0.3) is 0 Å². The fraction of sp³-hybridized carbons (Fsp3) is 0.800. The normalized spacial score (nSPS) is 21.7. The first-order valence-corrected chi connectivity index (χ1v) is 10.7. The molecule has 1 saturated heterocycles. The molecule has 0 aromatic heterocycles. The van der Waals surface area contributed by atoms with Crippen molar-refractivity contribution in [1.29, 1.82) is 0 Å². The molecule has 1 aliphatic heterocycles. The minimum absolute atomic E-state index is 0.0344. The molecule has 1 unspecified atom stereocenters. The average molecular weight is 434 g/mol. The maximum absolute atomic E-state index is 12.4. The van der Waals surface area contributed by atoms with Crippen LogP contribution in [0, 0.1) is 0 Å². The molecule has 0 bridgehead atoms. The van der Waals surface area contributed by atoms with Crippen molar-refractivity contribution in [3.8, 4) is 0 Å². The van der Waals surface area contributed by atoms with Crippen molar-refractivity contribution in [2.24, 2.45) is 0 Å². The quantitative estimate of drug-likeness (QED) is 0.162. The van der Waals surface area contributed by atoms with E-state index in [0.29, 0.717) is 11.7 Å². The fourth-order valence-electron chi connectivity index (χ4n) is 1.31. The zero-order valence-electron chi connectivity index (χ0n) is 12.0. The van der Waals surface area contributed by atoms with Crippen LogP contribution in [-0.4, -0.2) is 44.1 Å². The molecule has 0 radical (unpaired) electrons. The van der Waals surface area contributed by atoms with Crippen molar-refractivity contribution in [2.45, 2.75) is 6.42 Å². The van der Waals surface area contributed by atoms with Gasteiger partial charge in [0, 0.05) is 24.1 Å². The van der Waals surface area contributed by atoms with Gasteiger partial charge in [-0.25, -0.2) is 9.02 Å². The highest BCUT2D eigenvalue weighted by Gasteiger charge is 2.37. The van der Waals surface area contributed by atoms with Gasteiger partial charge >= 0.3 is 16.2 Å². The van der Waals surface area contributed by atoms with E-state index in [4.69, 9.17) is 57.8 Å². The van der Waals surface area contributed by atoms with Crippen LogP contribution in [0.4, 0.5) is 0 Å². The number of phosphoric acid groups is 1. The molecule has 1 aliphatic rings. The van der Waals surface area contributed by atoms with Gasteiger partial charge in [-0.3, -0.25) is 13.6 Å². The van der Waals surface area contributed by atoms with Gasteiger partial charge in [-0.05, 0) is 0 Å². The van der Waals surface area contributed by atoms with E-state index in [-0.39, 0.29) is 44.1 Å². The maximum atomic E-state index is 12.4. The van der Waals surface area contributed by atoms with Gasteiger partial charge in [0.25, 0.3) is 0 Å². The zero-order valence-corrected chi connectivity index (χ0v) is 16.1. The minimum Gasteiger partial charge on any atom is -0.484 e. The van der Waals surface area contributed by atoms with Crippen LogP contribution in [0.1, 0.15) is 6.42 Å². The largest absolute Gasteiger partial charge is 0.529 e. The SMILES string of the molecule is O=P(OC=C1CCO[O+]([O-])P1OCCCl)(OCCCl)OCCCl. The Balaban J connectivity index is 2.75. The molecule has 0 N–H and O–H groups in total. The lowest BCUT2D eigenvalue weighted by Crippen LogP contribution is -2.27. The van der Waals surface area contributed by atoms with Crippen molar-refractivity contribution < 1.29 is 37.3 Å². The molecule has 0 aliphatic carbocycles. The van der Waals surface area contributed by atoms with Crippen molar-refractivity contribution in [3.05, 3.63) is 11.6 Å². The Bertz CT molecular complexity index is 402. The third-order valence-electron chi connectivity index (χ3n) is 2.17. The summed E-state index contributed by atoms with van der Waals surface area (Å²) in [6.07, 6.45) is 1.48. The van der Waals surface area contributed by atoms with E-state index in [1.165, 1.54) is 4.46 Å². The van der Waals surface area contributed by atoms with Crippen LogP contribution < -0.4 is 5.26 Å². The summed E-state index contributed by atoms with van der Waals surface area (Å²) in [7, 11) is -5.72. The van der Waals surface area contributed by atoms with Gasteiger partial charge in [-0.2, -0.15) is 0 Å². The van der Waals surface area contributed by atoms with E-state index in [2.05, 4.69) is 0 Å². The van der Waals surface area contributed by atoms with Crippen LogP contribution >= 0.6 is 51.0 Å². The molecule has 8 nitrogen and oxygen atoms in total. The Kier molecular flexibility index (Phi) is 11.6. The maximum Gasteiger partial charge on any atom is 0.529 e. The van der Waals surface area contributed by atoms with Gasteiger partial charge in [0.15, 0.2) is 0 Å². The number of hydrogen-bond acceptors (Lipinski definition) is 7. The van der Waals surface area contributed by atoms with E-state index in [1.54, 1.807) is 0 Å². The van der Waals surface area contributed by atoms with Crippen molar-refractivity contribution in [2.75, 3.05) is 44.1 Å². The number of hydrogen-bond donors (Lipinski definition) is 0. The third kappa shape index (κ3) is 8.17. The first-order chi connectivity index (χ1) is 11.1. The average Bonchev–Trinajstić information content (AvgIpc) is 2.56. The van der Waals surface area contributed by atoms with Gasteiger partial charge in [0.2, 0.25) is 0 Å². The van der Waals surface area contributed by atoms with E-state index in [9.17, 15) is 9.82 Å². The Labute approximate surface area is 150 Å². The molecule has 0 saturated carbocycles. The highest BCUT2D eigenvalue weighted by atomic mass is 35.5. The smallest absolute Gasteiger partial charge is 0.484 e. The van der Waals surface area contributed by atoms with Crippen molar-refractivity contribution >= 4 is 51.0 Å². The van der Waals surface area contributed by atoms with Gasteiger partial charge in [-0.15, -0.1) is 39.7 Å². The number of alkyl halides is 3. The predicted octanol–water partition coefficient (Wildman–Crippen LogP) is 3.19. The standard InChI is InChI=1S/C10H17Cl3O8P2/c11-2-6-17-22-10(1-5-16-21(22)14)9-20-23(15,18-7-3-12)19-8-4-13/h9H,1-8H2. The first kappa shape index (κ1) is 21.9. The predicted molar refractivity (Wildman–Crippen MR) is 85.4 cm³/mol. The molecule has 0 spiro atoms. The summed E-state index contributed by atoms with van der Waals surface area (Å²) >= 11 is 16.5. The van der Waals surface area contributed by atoms with Crippen molar-refractivity contribution in [1.82, 2.24) is 0 Å². The summed E-state index contributed by atoms with van der Waals surface area (Å²) in [6, 6.07) is 0. The van der Waals surface area contributed by atoms with E-state index >= 15 is 0 Å². The highest BCUT2D eigenvalue weighted by molar-refractivity contribution is 7.52. The van der Waals surface area contributed by atoms with Crippen LogP contribution in [-0.2, 0) is 32.0 Å². The van der Waals surface area contributed by atoms with E-state index in [0.717, 1.165) is 6.26 Å². The molecule has 1 fully saturated rings. The fourth-order valence-corrected chi connectivity index (χ4v) is 4.32. The second kappa shape index (κ2) is 12.2. The molecular weight excluding hydrogens is 416 g/mol. The molecule has 1 atom stereocenters. The number of rotatable bonds is 11. The first-order valence-electron chi connectivity index (χ1n) is 6.49. The van der Waals surface area contributed by atoms with E-state index in [1.807, 2.05) is 0 Å². The molecule has 0 aromatic rings. The Morgan fingerprint density at radius 1 is 1.22 bits per heavy atom. The van der Waals surface area contributed by atoms with Crippen LogP contribution in [0.3, 0.4) is 0 Å². The highest BCUT2D eigenvalue weighted by Crippen LogP contribution is 2.57. The molecule has 0 amide bonds. The summed E-state index contributed by atoms with van der Waals surface area (Å²) in [5.74, 6) is 0.424. The molecule has 1 rings (SSSR count). The van der Waals surface area contributed by atoms with Crippen molar-refractivity contribution in [3.63, 3.8) is 0 Å². The van der Waals surface area contributed by atoms with Crippen LogP contribution in [0.15, 0.2) is 11.6 Å². The number of phosphoric ester groups is 1. The van der Waals surface area contributed by atoms with E-state index < -0.39 is 16.2 Å². The summed E-state index contributed by atoms with van der Waals surface area (Å²) < 4.78 is 34.0. The molecule has 136 valence electrons. The Morgan fingerprint density at radius 3 is 2.39 bits per heavy atom. The lowest BCUT2D eigenvalue weighted by Gasteiger charge is -2.27. The summed E-state index contributed by atoms with van der Waals surface area (Å²) in [4.78, 5) is 4.77.